The van der Waals surface area contributed by atoms with Crippen LogP contribution in [0.15, 0.2) is 0 Å². The first kappa shape index (κ1) is 10.6. The molecule has 0 atom stereocenters. The maximum Gasteiger partial charge on any atom is 0.360 e. The summed E-state index contributed by atoms with van der Waals surface area (Å²) in [7, 11) is 1.27. The molecule has 0 radical (unpaired) electrons. The zero-order chi connectivity index (χ0) is 10.6. The third-order valence-corrected chi connectivity index (χ3v) is 1.85. The van der Waals surface area contributed by atoms with Gasteiger partial charge in [0, 0.05) is 0 Å². The van der Waals surface area contributed by atoms with E-state index >= 15 is 0 Å². The van der Waals surface area contributed by atoms with Crippen LogP contribution in [0.5, 0.6) is 0 Å². The molecule has 0 bridgehead atoms. The minimum absolute atomic E-state index is 0.118. The number of rotatable bonds is 4. The van der Waals surface area contributed by atoms with Gasteiger partial charge < -0.3 is 4.74 Å². The molecule has 0 aromatic carbocycles. The van der Waals surface area contributed by atoms with E-state index in [9.17, 15) is 9.18 Å². The molecule has 1 heterocycles. The summed E-state index contributed by atoms with van der Waals surface area (Å²) in [5, 5.41) is 7.32. The molecule has 6 heteroatoms. The monoisotopic (exact) mass is 201 g/mol. The lowest BCUT2D eigenvalue weighted by Crippen LogP contribution is -2.09. The summed E-state index contributed by atoms with van der Waals surface area (Å²) in [4.78, 5) is 11.2. The van der Waals surface area contributed by atoms with Crippen LogP contribution in [-0.2, 0) is 17.7 Å². The van der Waals surface area contributed by atoms with Gasteiger partial charge in [-0.2, -0.15) is 0 Å². The highest BCUT2D eigenvalue weighted by atomic mass is 19.1. The van der Waals surface area contributed by atoms with Crippen molar-refractivity contribution in [2.75, 3.05) is 13.8 Å². The van der Waals surface area contributed by atoms with Crippen molar-refractivity contribution >= 4 is 5.97 Å². The molecule has 0 aliphatic carbocycles. The van der Waals surface area contributed by atoms with Gasteiger partial charge in [0.05, 0.1) is 19.3 Å². The minimum Gasteiger partial charge on any atom is -0.464 e. The average molecular weight is 201 g/mol. The Kier molecular flexibility index (Phi) is 3.55. The number of carbonyl (C=O) groups is 1. The van der Waals surface area contributed by atoms with E-state index in [0.29, 0.717) is 12.1 Å². The fourth-order valence-corrected chi connectivity index (χ4v) is 1.20. The predicted molar refractivity (Wildman–Crippen MR) is 46.7 cm³/mol. The second-order valence-corrected chi connectivity index (χ2v) is 2.64. The van der Waals surface area contributed by atoms with Crippen molar-refractivity contribution < 1.29 is 13.9 Å². The van der Waals surface area contributed by atoms with Crippen molar-refractivity contribution in [2.24, 2.45) is 0 Å². The molecule has 0 amide bonds. The fourth-order valence-electron chi connectivity index (χ4n) is 1.20. The SMILES string of the molecule is CCc1c(C(=O)OC)nnn1CCF. The molecule has 14 heavy (non-hydrogen) atoms. The molecule has 0 aliphatic heterocycles. The quantitative estimate of drug-likeness (QED) is 0.669. The Morgan fingerprint density at radius 2 is 2.36 bits per heavy atom. The molecule has 0 saturated carbocycles. The maximum atomic E-state index is 12.1. The topological polar surface area (TPSA) is 57.0 Å². The number of carbonyl (C=O) groups excluding carboxylic acids is 1. The van der Waals surface area contributed by atoms with E-state index < -0.39 is 12.6 Å². The number of halogens is 1. The Labute approximate surface area is 80.9 Å². The fraction of sp³-hybridized carbons (Fsp3) is 0.625. The van der Waals surface area contributed by atoms with E-state index in [0.717, 1.165) is 0 Å². The first-order chi connectivity index (χ1) is 6.74. The summed E-state index contributed by atoms with van der Waals surface area (Å²) in [5.41, 5.74) is 0.776. The lowest BCUT2D eigenvalue weighted by Gasteiger charge is -2.01. The highest BCUT2D eigenvalue weighted by Crippen LogP contribution is 2.07. The van der Waals surface area contributed by atoms with E-state index in [2.05, 4.69) is 15.0 Å². The van der Waals surface area contributed by atoms with Gasteiger partial charge in [-0.3, -0.25) is 0 Å². The molecule has 1 rings (SSSR count). The largest absolute Gasteiger partial charge is 0.464 e. The van der Waals surface area contributed by atoms with Crippen molar-refractivity contribution in [1.29, 1.82) is 0 Å². The van der Waals surface area contributed by atoms with Gasteiger partial charge in [0.2, 0.25) is 0 Å². The zero-order valence-corrected chi connectivity index (χ0v) is 8.16. The molecule has 0 unspecified atom stereocenters. The third kappa shape index (κ3) is 1.89. The van der Waals surface area contributed by atoms with E-state index in [4.69, 9.17) is 0 Å². The van der Waals surface area contributed by atoms with Crippen LogP contribution < -0.4 is 0 Å². The van der Waals surface area contributed by atoms with E-state index in [1.165, 1.54) is 11.8 Å². The molecular formula is C8H12FN3O2. The lowest BCUT2D eigenvalue weighted by atomic mass is 10.2. The molecule has 0 saturated heterocycles. The second kappa shape index (κ2) is 4.69. The molecule has 78 valence electrons. The number of hydrogen-bond donors (Lipinski definition) is 0. The van der Waals surface area contributed by atoms with Gasteiger partial charge in [0.25, 0.3) is 0 Å². The average Bonchev–Trinajstić information content (AvgIpc) is 2.60. The summed E-state index contributed by atoms with van der Waals surface area (Å²) in [6, 6.07) is 0. The minimum atomic E-state index is -0.535. The number of esters is 1. The predicted octanol–water partition coefficient (Wildman–Crippen LogP) is 0.597. The summed E-state index contributed by atoms with van der Waals surface area (Å²) in [6.07, 6.45) is 0.567. The molecule has 5 nitrogen and oxygen atoms in total. The Morgan fingerprint density at radius 1 is 1.64 bits per heavy atom. The van der Waals surface area contributed by atoms with Crippen LogP contribution >= 0.6 is 0 Å². The Balaban J connectivity index is 3.00. The van der Waals surface area contributed by atoms with Crippen LogP contribution in [0.4, 0.5) is 4.39 Å². The maximum absolute atomic E-state index is 12.1. The van der Waals surface area contributed by atoms with E-state index in [1.54, 1.807) is 0 Å². The number of ether oxygens (including phenoxy) is 1. The summed E-state index contributed by atoms with van der Waals surface area (Å²) in [5.74, 6) is -0.535. The normalized spacial score (nSPS) is 10.2. The summed E-state index contributed by atoms with van der Waals surface area (Å²) < 4.78 is 18.0. The number of nitrogens with zero attached hydrogens (tertiary/aromatic N) is 3. The number of aryl methyl sites for hydroxylation is 1. The van der Waals surface area contributed by atoms with Crippen molar-refractivity contribution in [1.82, 2.24) is 15.0 Å². The number of alkyl halides is 1. The van der Waals surface area contributed by atoms with Crippen LogP contribution in [0.2, 0.25) is 0 Å². The smallest absolute Gasteiger partial charge is 0.360 e. The zero-order valence-electron chi connectivity index (χ0n) is 8.16. The molecule has 0 N–H and O–H groups in total. The van der Waals surface area contributed by atoms with Crippen LogP contribution in [0.25, 0.3) is 0 Å². The van der Waals surface area contributed by atoms with E-state index in [1.807, 2.05) is 6.92 Å². The number of methoxy groups -OCH3 is 1. The molecule has 0 spiro atoms. The van der Waals surface area contributed by atoms with Gasteiger partial charge in [-0.05, 0) is 6.42 Å². The van der Waals surface area contributed by atoms with Crippen molar-refractivity contribution in [3.8, 4) is 0 Å². The lowest BCUT2D eigenvalue weighted by molar-refractivity contribution is 0.0592. The Morgan fingerprint density at radius 3 is 2.86 bits per heavy atom. The van der Waals surface area contributed by atoms with Crippen LogP contribution in [0, 0.1) is 0 Å². The first-order valence-electron chi connectivity index (χ1n) is 4.31. The molecule has 1 aromatic heterocycles. The van der Waals surface area contributed by atoms with Crippen molar-refractivity contribution in [3.05, 3.63) is 11.4 Å². The highest BCUT2D eigenvalue weighted by molar-refractivity contribution is 5.88. The third-order valence-electron chi connectivity index (χ3n) is 1.85. The van der Waals surface area contributed by atoms with Crippen molar-refractivity contribution in [2.45, 2.75) is 19.9 Å². The molecule has 1 aromatic rings. The van der Waals surface area contributed by atoms with Gasteiger partial charge in [-0.1, -0.05) is 12.1 Å². The molecule has 0 aliphatic rings. The number of aromatic nitrogens is 3. The van der Waals surface area contributed by atoms with E-state index in [-0.39, 0.29) is 12.2 Å². The van der Waals surface area contributed by atoms with Crippen LogP contribution in [0.3, 0.4) is 0 Å². The van der Waals surface area contributed by atoms with Crippen LogP contribution in [-0.4, -0.2) is 34.7 Å². The van der Waals surface area contributed by atoms with Gasteiger partial charge >= 0.3 is 5.97 Å². The van der Waals surface area contributed by atoms with Crippen LogP contribution in [0.1, 0.15) is 23.1 Å². The van der Waals surface area contributed by atoms with Gasteiger partial charge in [0.1, 0.15) is 6.67 Å². The summed E-state index contributed by atoms with van der Waals surface area (Å²) in [6.45, 7) is 1.43. The second-order valence-electron chi connectivity index (χ2n) is 2.64. The molecule has 0 fully saturated rings. The standard InChI is InChI=1S/C8H12FN3O2/c1-3-6-7(8(13)14-2)10-11-12(6)5-4-9/h3-5H2,1-2H3. The first-order valence-corrected chi connectivity index (χ1v) is 4.31. The summed E-state index contributed by atoms with van der Waals surface area (Å²) >= 11 is 0. The Bertz CT molecular complexity index is 324. The number of hydrogen-bond acceptors (Lipinski definition) is 4. The van der Waals surface area contributed by atoms with Crippen molar-refractivity contribution in [3.63, 3.8) is 0 Å². The Hall–Kier alpha value is -1.46. The van der Waals surface area contributed by atoms with Gasteiger partial charge in [-0.15, -0.1) is 5.10 Å². The highest BCUT2D eigenvalue weighted by Gasteiger charge is 2.18. The van der Waals surface area contributed by atoms with Gasteiger partial charge in [0.15, 0.2) is 5.69 Å². The van der Waals surface area contributed by atoms with Gasteiger partial charge in [-0.25, -0.2) is 13.9 Å². The molecular weight excluding hydrogens is 189 g/mol.